The van der Waals surface area contributed by atoms with Gasteiger partial charge in [-0.2, -0.15) is 0 Å². The summed E-state index contributed by atoms with van der Waals surface area (Å²) in [6, 6.07) is 5.46. The van der Waals surface area contributed by atoms with Gasteiger partial charge in [0.2, 0.25) is 0 Å². The fraction of sp³-hybridized carbons (Fsp3) is 0.500. The Labute approximate surface area is 102 Å². The third-order valence-corrected chi connectivity index (χ3v) is 2.46. The molecule has 0 amide bonds. The number of aryl methyl sites for hydroxylation is 1. The number of nitro benzene ring substituents is 1. The minimum Gasteiger partial charge on any atom is -0.381 e. The topological polar surface area (TPSA) is 58.4 Å². The molecule has 0 aliphatic carbocycles. The number of nitrogens with one attached hydrogen (secondary N) is 1. The summed E-state index contributed by atoms with van der Waals surface area (Å²) in [5.74, 6) is 0. The summed E-state index contributed by atoms with van der Waals surface area (Å²) in [6.45, 7) is 4.67. The zero-order valence-electron chi connectivity index (χ0n) is 10.7. The van der Waals surface area contributed by atoms with Gasteiger partial charge in [-0.05, 0) is 34.0 Å². The van der Waals surface area contributed by atoms with Gasteiger partial charge in [-0.3, -0.25) is 10.1 Å². The van der Waals surface area contributed by atoms with E-state index in [1.54, 1.807) is 19.1 Å². The van der Waals surface area contributed by atoms with Crippen LogP contribution < -0.4 is 5.32 Å². The molecule has 1 unspecified atom stereocenters. The second-order valence-corrected chi connectivity index (χ2v) is 4.57. The highest BCUT2D eigenvalue weighted by Gasteiger charge is 2.12. The minimum absolute atomic E-state index is 0.159. The van der Waals surface area contributed by atoms with Gasteiger partial charge in [0.05, 0.1) is 4.92 Å². The second-order valence-electron chi connectivity index (χ2n) is 4.57. The Morgan fingerprint density at radius 2 is 2.12 bits per heavy atom. The van der Waals surface area contributed by atoms with Crippen molar-refractivity contribution >= 4 is 11.4 Å². The van der Waals surface area contributed by atoms with Crippen LogP contribution in [0.3, 0.4) is 0 Å². The molecule has 0 bridgehead atoms. The normalized spacial score (nSPS) is 12.5. The number of rotatable bonds is 5. The molecule has 0 aliphatic heterocycles. The molecule has 1 rings (SSSR count). The van der Waals surface area contributed by atoms with Crippen LogP contribution >= 0.6 is 0 Å². The molecule has 1 atom stereocenters. The molecule has 0 radical (unpaired) electrons. The summed E-state index contributed by atoms with van der Waals surface area (Å²) >= 11 is 0. The molecule has 0 fully saturated rings. The number of likely N-dealkylation sites (N-methyl/N-ethyl adjacent to an activating group) is 1. The molecular weight excluding hydrogens is 218 g/mol. The molecule has 1 aromatic carbocycles. The lowest BCUT2D eigenvalue weighted by atomic mass is 10.1. The predicted octanol–water partition coefficient (Wildman–Crippen LogP) is 2.27. The summed E-state index contributed by atoms with van der Waals surface area (Å²) in [4.78, 5) is 12.5. The van der Waals surface area contributed by atoms with Crippen molar-refractivity contribution in [1.82, 2.24) is 4.90 Å². The van der Waals surface area contributed by atoms with Crippen LogP contribution in [0.4, 0.5) is 11.4 Å². The van der Waals surface area contributed by atoms with Crippen molar-refractivity contribution in [2.45, 2.75) is 19.9 Å². The van der Waals surface area contributed by atoms with E-state index in [9.17, 15) is 10.1 Å². The first-order valence-corrected chi connectivity index (χ1v) is 5.56. The lowest BCUT2D eigenvalue weighted by Crippen LogP contribution is -2.29. The molecule has 0 saturated carbocycles. The van der Waals surface area contributed by atoms with Crippen molar-refractivity contribution in [2.75, 3.05) is 26.0 Å². The first kappa shape index (κ1) is 13.4. The average Bonchev–Trinajstić information content (AvgIpc) is 2.19. The van der Waals surface area contributed by atoms with Gasteiger partial charge in [-0.1, -0.05) is 6.07 Å². The van der Waals surface area contributed by atoms with Gasteiger partial charge in [0, 0.05) is 29.9 Å². The van der Waals surface area contributed by atoms with Crippen LogP contribution in [0, 0.1) is 17.0 Å². The lowest BCUT2D eigenvalue weighted by Gasteiger charge is -2.19. The first-order valence-electron chi connectivity index (χ1n) is 5.56. The molecule has 17 heavy (non-hydrogen) atoms. The van der Waals surface area contributed by atoms with E-state index in [-0.39, 0.29) is 16.7 Å². The Balaban J connectivity index is 2.79. The Bertz CT molecular complexity index is 405. The third-order valence-electron chi connectivity index (χ3n) is 2.46. The van der Waals surface area contributed by atoms with Crippen molar-refractivity contribution < 1.29 is 4.92 Å². The van der Waals surface area contributed by atoms with Gasteiger partial charge in [0.1, 0.15) is 0 Å². The van der Waals surface area contributed by atoms with Crippen LogP contribution in [0.25, 0.3) is 0 Å². The third kappa shape index (κ3) is 4.03. The molecule has 1 aromatic rings. The van der Waals surface area contributed by atoms with Crippen molar-refractivity contribution in [1.29, 1.82) is 0 Å². The summed E-state index contributed by atoms with van der Waals surface area (Å²) < 4.78 is 0. The molecule has 0 aliphatic rings. The maximum Gasteiger partial charge on any atom is 0.274 e. The van der Waals surface area contributed by atoms with E-state index in [1.165, 1.54) is 0 Å². The SMILES string of the molecule is Cc1ccc(NC(C)CN(C)C)cc1[N+](=O)[O-]. The Kier molecular flexibility index (Phi) is 4.45. The molecular formula is C12H19N3O2. The van der Waals surface area contributed by atoms with Gasteiger partial charge in [0.25, 0.3) is 5.69 Å². The molecule has 0 spiro atoms. The highest BCUT2D eigenvalue weighted by atomic mass is 16.6. The maximum atomic E-state index is 10.8. The van der Waals surface area contributed by atoms with Crippen molar-refractivity contribution in [3.63, 3.8) is 0 Å². The van der Waals surface area contributed by atoms with Crippen LogP contribution in [0.1, 0.15) is 12.5 Å². The molecule has 5 nitrogen and oxygen atoms in total. The first-order chi connectivity index (χ1) is 7.90. The number of hydrogen-bond acceptors (Lipinski definition) is 4. The summed E-state index contributed by atoms with van der Waals surface area (Å²) in [7, 11) is 3.99. The number of benzene rings is 1. The van der Waals surface area contributed by atoms with Crippen LogP contribution in [0.15, 0.2) is 18.2 Å². The Hall–Kier alpha value is -1.62. The van der Waals surface area contributed by atoms with Gasteiger partial charge < -0.3 is 10.2 Å². The smallest absolute Gasteiger partial charge is 0.274 e. The zero-order chi connectivity index (χ0) is 13.0. The molecule has 1 N–H and O–H groups in total. The minimum atomic E-state index is -0.350. The number of anilines is 1. The fourth-order valence-corrected chi connectivity index (χ4v) is 1.77. The Morgan fingerprint density at radius 1 is 1.47 bits per heavy atom. The van der Waals surface area contributed by atoms with Crippen molar-refractivity contribution in [3.05, 3.63) is 33.9 Å². The van der Waals surface area contributed by atoms with Gasteiger partial charge in [-0.15, -0.1) is 0 Å². The number of nitrogens with zero attached hydrogens (tertiary/aromatic N) is 2. The number of nitro groups is 1. The van der Waals surface area contributed by atoms with Crippen LogP contribution in [0.5, 0.6) is 0 Å². The summed E-state index contributed by atoms with van der Waals surface area (Å²) in [5.41, 5.74) is 1.63. The fourth-order valence-electron chi connectivity index (χ4n) is 1.77. The van der Waals surface area contributed by atoms with E-state index in [4.69, 9.17) is 0 Å². The van der Waals surface area contributed by atoms with Gasteiger partial charge in [0.15, 0.2) is 0 Å². The van der Waals surface area contributed by atoms with Gasteiger partial charge in [-0.25, -0.2) is 0 Å². The molecule has 0 aromatic heterocycles. The maximum absolute atomic E-state index is 10.8. The van der Waals surface area contributed by atoms with Crippen LogP contribution in [-0.2, 0) is 0 Å². The van der Waals surface area contributed by atoms with Crippen molar-refractivity contribution in [2.24, 2.45) is 0 Å². The standard InChI is InChI=1S/C12H19N3O2/c1-9-5-6-11(7-12(9)15(16)17)13-10(2)8-14(3)4/h5-7,10,13H,8H2,1-4H3. The largest absolute Gasteiger partial charge is 0.381 e. The quantitative estimate of drug-likeness (QED) is 0.630. The predicted molar refractivity (Wildman–Crippen MR) is 69.5 cm³/mol. The van der Waals surface area contributed by atoms with Gasteiger partial charge >= 0.3 is 0 Å². The highest BCUT2D eigenvalue weighted by molar-refractivity contribution is 5.55. The average molecular weight is 237 g/mol. The number of hydrogen-bond donors (Lipinski definition) is 1. The second kappa shape index (κ2) is 5.63. The zero-order valence-corrected chi connectivity index (χ0v) is 10.7. The molecule has 0 saturated heterocycles. The molecule has 94 valence electrons. The van der Waals surface area contributed by atoms with E-state index in [1.807, 2.05) is 27.1 Å². The van der Waals surface area contributed by atoms with E-state index < -0.39 is 0 Å². The van der Waals surface area contributed by atoms with Crippen LogP contribution in [0.2, 0.25) is 0 Å². The van der Waals surface area contributed by atoms with E-state index in [0.717, 1.165) is 12.2 Å². The summed E-state index contributed by atoms with van der Waals surface area (Å²) in [5, 5.41) is 14.1. The van der Waals surface area contributed by atoms with Crippen molar-refractivity contribution in [3.8, 4) is 0 Å². The van der Waals surface area contributed by atoms with E-state index >= 15 is 0 Å². The Morgan fingerprint density at radius 3 is 2.65 bits per heavy atom. The van der Waals surface area contributed by atoms with E-state index in [0.29, 0.717) is 5.56 Å². The van der Waals surface area contributed by atoms with E-state index in [2.05, 4.69) is 10.2 Å². The lowest BCUT2D eigenvalue weighted by molar-refractivity contribution is -0.385. The van der Waals surface area contributed by atoms with Crippen LogP contribution in [-0.4, -0.2) is 36.5 Å². The molecule has 5 heteroatoms. The highest BCUT2D eigenvalue weighted by Crippen LogP contribution is 2.22. The summed E-state index contributed by atoms with van der Waals surface area (Å²) in [6.07, 6.45) is 0. The monoisotopic (exact) mass is 237 g/mol. The molecule has 0 heterocycles.